The zero-order chi connectivity index (χ0) is 8.43. The van der Waals surface area contributed by atoms with Crippen molar-refractivity contribution in [3.63, 3.8) is 0 Å². The van der Waals surface area contributed by atoms with Crippen LogP contribution in [0.15, 0.2) is 5.03 Å². The summed E-state index contributed by atoms with van der Waals surface area (Å²) in [6, 6.07) is 0. The van der Waals surface area contributed by atoms with Gasteiger partial charge in [0.1, 0.15) is 5.03 Å². The van der Waals surface area contributed by atoms with E-state index in [1.165, 1.54) is 18.7 Å². The summed E-state index contributed by atoms with van der Waals surface area (Å²) >= 11 is 1.47. The molecule has 0 saturated heterocycles. The van der Waals surface area contributed by atoms with Crippen LogP contribution in [0.2, 0.25) is 0 Å². The predicted molar refractivity (Wildman–Crippen MR) is 42.8 cm³/mol. The van der Waals surface area contributed by atoms with E-state index in [0.29, 0.717) is 5.69 Å². The average Bonchev–Trinajstić information content (AvgIpc) is 2.30. The molecule has 0 amide bonds. The van der Waals surface area contributed by atoms with Crippen molar-refractivity contribution in [3.05, 3.63) is 5.69 Å². The minimum atomic E-state index is -0.0394. The van der Waals surface area contributed by atoms with E-state index in [1.807, 2.05) is 6.26 Å². The molecule has 0 aromatic carbocycles. The molecule has 0 N–H and O–H groups in total. The molecule has 0 aliphatic carbocycles. The molecular weight excluding hydrogens is 162 g/mol. The Morgan fingerprint density at radius 2 is 2.27 bits per heavy atom. The number of rotatable bonds is 2. The molecule has 0 fully saturated rings. The third-order valence-electron chi connectivity index (χ3n) is 1.30. The van der Waals surface area contributed by atoms with Gasteiger partial charge in [0, 0.05) is 14.0 Å². The minimum absolute atomic E-state index is 0.0394. The summed E-state index contributed by atoms with van der Waals surface area (Å²) < 4.78 is 1.60. The molecule has 1 aromatic rings. The van der Waals surface area contributed by atoms with E-state index >= 15 is 0 Å². The smallest absolute Gasteiger partial charge is 0.182 e. The van der Waals surface area contributed by atoms with Gasteiger partial charge in [0.2, 0.25) is 0 Å². The maximum Gasteiger partial charge on any atom is 0.182 e. The number of carbonyl (C=O) groups is 1. The molecule has 11 heavy (non-hydrogen) atoms. The molecule has 0 saturated carbocycles. The number of nitrogens with zero attached hydrogens (tertiary/aromatic N) is 3. The Balaban J connectivity index is 3.15. The summed E-state index contributed by atoms with van der Waals surface area (Å²) in [4.78, 5) is 10.9. The Morgan fingerprint density at radius 3 is 2.64 bits per heavy atom. The van der Waals surface area contributed by atoms with Crippen LogP contribution in [0.25, 0.3) is 0 Å². The van der Waals surface area contributed by atoms with Crippen LogP contribution < -0.4 is 0 Å². The van der Waals surface area contributed by atoms with Crippen molar-refractivity contribution in [3.8, 4) is 0 Å². The average molecular weight is 171 g/mol. The standard InChI is InChI=1S/C6H9N3OS/c1-4(10)5-6(11-3)9(2)8-7-5/h1-3H3. The molecular formula is C6H9N3OS. The molecule has 4 nitrogen and oxygen atoms in total. The fourth-order valence-corrected chi connectivity index (χ4v) is 1.48. The quantitative estimate of drug-likeness (QED) is 0.486. The van der Waals surface area contributed by atoms with E-state index in [9.17, 15) is 4.79 Å². The summed E-state index contributed by atoms with van der Waals surface area (Å²) in [6.45, 7) is 1.49. The number of aryl methyl sites for hydroxylation is 1. The van der Waals surface area contributed by atoms with Crippen LogP contribution in [0, 0.1) is 0 Å². The molecule has 0 unspecified atom stereocenters. The van der Waals surface area contributed by atoms with Crippen LogP contribution >= 0.6 is 11.8 Å². The first kappa shape index (κ1) is 8.26. The summed E-state index contributed by atoms with van der Waals surface area (Å²) in [7, 11) is 1.77. The van der Waals surface area contributed by atoms with Crippen molar-refractivity contribution < 1.29 is 4.79 Å². The van der Waals surface area contributed by atoms with Gasteiger partial charge in [-0.2, -0.15) is 0 Å². The monoisotopic (exact) mass is 171 g/mol. The fourth-order valence-electron chi connectivity index (χ4n) is 0.798. The number of aromatic nitrogens is 3. The van der Waals surface area contributed by atoms with Gasteiger partial charge in [-0.05, 0) is 6.26 Å². The van der Waals surface area contributed by atoms with Gasteiger partial charge in [-0.1, -0.05) is 5.21 Å². The SMILES string of the molecule is CSc1c(C(C)=O)nnn1C. The molecule has 0 aliphatic rings. The van der Waals surface area contributed by atoms with Crippen molar-refractivity contribution >= 4 is 17.5 Å². The lowest BCUT2D eigenvalue weighted by atomic mass is 10.3. The maximum atomic E-state index is 10.9. The van der Waals surface area contributed by atoms with Gasteiger partial charge in [0.15, 0.2) is 11.5 Å². The first-order valence-corrected chi connectivity index (χ1v) is 4.34. The molecule has 5 heteroatoms. The summed E-state index contributed by atoms with van der Waals surface area (Å²) in [5, 5.41) is 8.28. The van der Waals surface area contributed by atoms with Gasteiger partial charge in [-0.3, -0.25) is 4.79 Å². The van der Waals surface area contributed by atoms with Crippen LogP contribution in [0.3, 0.4) is 0 Å². The van der Waals surface area contributed by atoms with Crippen LogP contribution in [-0.4, -0.2) is 27.0 Å². The Kier molecular flexibility index (Phi) is 2.28. The van der Waals surface area contributed by atoms with Gasteiger partial charge in [-0.25, -0.2) is 4.68 Å². The molecule has 1 rings (SSSR count). The molecule has 0 atom stereocenters. The van der Waals surface area contributed by atoms with Crippen molar-refractivity contribution in [1.82, 2.24) is 15.0 Å². The van der Waals surface area contributed by atoms with Gasteiger partial charge in [0.25, 0.3) is 0 Å². The zero-order valence-corrected chi connectivity index (χ0v) is 7.47. The molecule has 1 heterocycles. The second-order valence-corrected chi connectivity index (χ2v) is 2.92. The Hall–Kier alpha value is -0.840. The van der Waals surface area contributed by atoms with Gasteiger partial charge >= 0.3 is 0 Å². The number of hydrogen-bond acceptors (Lipinski definition) is 4. The van der Waals surface area contributed by atoms with Crippen LogP contribution in [-0.2, 0) is 7.05 Å². The minimum Gasteiger partial charge on any atom is -0.293 e. The highest BCUT2D eigenvalue weighted by Crippen LogP contribution is 2.16. The number of Topliss-reactive ketones (excluding diaryl/α,β-unsaturated/α-hetero) is 1. The Bertz CT molecular complexity index is 281. The molecule has 0 radical (unpaired) electrons. The number of thioether (sulfide) groups is 1. The fraction of sp³-hybridized carbons (Fsp3) is 0.500. The number of ketones is 1. The third kappa shape index (κ3) is 1.42. The third-order valence-corrected chi connectivity index (χ3v) is 2.15. The van der Waals surface area contributed by atoms with E-state index in [1.54, 1.807) is 11.7 Å². The van der Waals surface area contributed by atoms with E-state index in [2.05, 4.69) is 10.3 Å². The second-order valence-electron chi connectivity index (χ2n) is 2.13. The maximum absolute atomic E-state index is 10.9. The molecule has 1 aromatic heterocycles. The molecule has 0 aliphatic heterocycles. The lowest BCUT2D eigenvalue weighted by Crippen LogP contribution is -1.96. The van der Waals surface area contributed by atoms with Gasteiger partial charge in [0.05, 0.1) is 0 Å². The topological polar surface area (TPSA) is 47.8 Å². The van der Waals surface area contributed by atoms with Crippen LogP contribution in [0.1, 0.15) is 17.4 Å². The van der Waals surface area contributed by atoms with Crippen molar-refractivity contribution in [1.29, 1.82) is 0 Å². The summed E-state index contributed by atoms with van der Waals surface area (Å²) in [5.41, 5.74) is 0.458. The van der Waals surface area contributed by atoms with Crippen molar-refractivity contribution in [2.24, 2.45) is 7.05 Å². The van der Waals surface area contributed by atoms with Crippen molar-refractivity contribution in [2.45, 2.75) is 11.9 Å². The Labute approximate surface area is 69.0 Å². The largest absolute Gasteiger partial charge is 0.293 e. The van der Waals surface area contributed by atoms with E-state index in [4.69, 9.17) is 0 Å². The molecule has 0 spiro atoms. The van der Waals surface area contributed by atoms with Crippen LogP contribution in [0.5, 0.6) is 0 Å². The van der Waals surface area contributed by atoms with E-state index in [0.717, 1.165) is 5.03 Å². The highest BCUT2D eigenvalue weighted by atomic mass is 32.2. The summed E-state index contributed by atoms with van der Waals surface area (Å²) in [6.07, 6.45) is 1.89. The van der Waals surface area contributed by atoms with E-state index in [-0.39, 0.29) is 5.78 Å². The first-order valence-electron chi connectivity index (χ1n) is 3.11. The highest BCUT2D eigenvalue weighted by Gasteiger charge is 2.12. The van der Waals surface area contributed by atoms with Crippen molar-refractivity contribution in [2.75, 3.05) is 6.26 Å². The second kappa shape index (κ2) is 3.04. The van der Waals surface area contributed by atoms with E-state index < -0.39 is 0 Å². The number of carbonyl (C=O) groups excluding carboxylic acids is 1. The Morgan fingerprint density at radius 1 is 1.64 bits per heavy atom. The van der Waals surface area contributed by atoms with Crippen LogP contribution in [0.4, 0.5) is 0 Å². The normalized spacial score (nSPS) is 10.1. The first-order chi connectivity index (χ1) is 5.16. The number of hydrogen-bond donors (Lipinski definition) is 0. The summed E-state index contributed by atoms with van der Waals surface area (Å²) in [5.74, 6) is -0.0394. The van der Waals surface area contributed by atoms with Gasteiger partial charge in [-0.15, -0.1) is 16.9 Å². The lowest BCUT2D eigenvalue weighted by Gasteiger charge is -1.94. The zero-order valence-electron chi connectivity index (χ0n) is 6.66. The predicted octanol–water partition coefficient (Wildman–Crippen LogP) is 0.740. The molecule has 0 bridgehead atoms. The molecule has 60 valence electrons. The lowest BCUT2D eigenvalue weighted by molar-refractivity contribution is 0.101. The van der Waals surface area contributed by atoms with Gasteiger partial charge < -0.3 is 0 Å². The highest BCUT2D eigenvalue weighted by molar-refractivity contribution is 7.98.